The Morgan fingerprint density at radius 1 is 1.47 bits per heavy atom. The summed E-state index contributed by atoms with van der Waals surface area (Å²) in [5, 5.41) is 0.792. The van der Waals surface area contributed by atoms with Gasteiger partial charge < -0.3 is 10.2 Å². The van der Waals surface area contributed by atoms with Gasteiger partial charge in [-0.05, 0) is 37.1 Å². The highest BCUT2D eigenvalue weighted by Crippen LogP contribution is 2.21. The molecule has 1 heterocycles. The van der Waals surface area contributed by atoms with Crippen molar-refractivity contribution in [1.82, 2.24) is 0 Å². The second-order valence-corrected chi connectivity index (χ2v) is 3.60. The first-order valence-electron chi connectivity index (χ1n) is 4.58. The maximum absolute atomic E-state index is 13.4. The molecule has 4 heteroatoms. The Balaban J connectivity index is 0.00000112. The Kier molecular flexibility index (Phi) is 3.72. The van der Waals surface area contributed by atoms with Crippen LogP contribution in [0.1, 0.15) is 12.5 Å². The predicted octanol–water partition coefficient (Wildman–Crippen LogP) is 2.88. The smallest absolute Gasteiger partial charge is 0.169 e. The Hall–Kier alpha value is -1.06. The first-order chi connectivity index (χ1) is 6.66. The van der Waals surface area contributed by atoms with Gasteiger partial charge in [0.15, 0.2) is 11.4 Å². The molecule has 82 valence electrons. The minimum absolute atomic E-state index is 0. The average molecular weight is 230 g/mol. The molecule has 1 aromatic carbocycles. The standard InChI is InChI=1S/C11H12FNO.ClH/c1-7(13)4-8-5-9-2-3-14-11(9)10(12)6-8;/h2-3,5-7H,4,13H2,1H3;1H. The molecule has 0 aliphatic rings. The molecule has 0 bridgehead atoms. The molecule has 0 amide bonds. The first-order valence-corrected chi connectivity index (χ1v) is 4.58. The highest BCUT2D eigenvalue weighted by atomic mass is 35.5. The van der Waals surface area contributed by atoms with Crippen molar-refractivity contribution in [2.45, 2.75) is 19.4 Å². The number of fused-ring (bicyclic) bond motifs is 1. The van der Waals surface area contributed by atoms with E-state index in [2.05, 4.69) is 0 Å². The summed E-state index contributed by atoms with van der Waals surface area (Å²) in [6, 6.07) is 5.18. The van der Waals surface area contributed by atoms with Crippen molar-refractivity contribution in [2.75, 3.05) is 0 Å². The molecule has 15 heavy (non-hydrogen) atoms. The number of halogens is 2. The maximum Gasteiger partial charge on any atom is 0.169 e. The van der Waals surface area contributed by atoms with Crippen molar-refractivity contribution in [3.63, 3.8) is 0 Å². The van der Waals surface area contributed by atoms with E-state index in [0.29, 0.717) is 12.0 Å². The summed E-state index contributed by atoms with van der Waals surface area (Å²) in [6.07, 6.45) is 2.17. The van der Waals surface area contributed by atoms with Crippen molar-refractivity contribution in [2.24, 2.45) is 5.73 Å². The van der Waals surface area contributed by atoms with Crippen molar-refractivity contribution in [3.05, 3.63) is 35.8 Å². The lowest BCUT2D eigenvalue weighted by molar-refractivity contribution is 0.558. The van der Waals surface area contributed by atoms with Crippen molar-refractivity contribution in [3.8, 4) is 0 Å². The molecule has 1 unspecified atom stereocenters. The fraction of sp³-hybridized carbons (Fsp3) is 0.273. The van der Waals surface area contributed by atoms with Crippen LogP contribution in [0.3, 0.4) is 0 Å². The van der Waals surface area contributed by atoms with E-state index in [9.17, 15) is 4.39 Å². The molecule has 0 aliphatic heterocycles. The Bertz CT molecular complexity index is 453. The van der Waals surface area contributed by atoms with Crippen LogP contribution in [0.5, 0.6) is 0 Å². The SMILES string of the molecule is CC(N)Cc1cc(F)c2occc2c1.Cl. The summed E-state index contributed by atoms with van der Waals surface area (Å²) < 4.78 is 18.4. The normalized spacial score (nSPS) is 12.5. The molecule has 0 aliphatic carbocycles. The van der Waals surface area contributed by atoms with Crippen LogP contribution in [0.2, 0.25) is 0 Å². The number of hydrogen-bond donors (Lipinski definition) is 1. The van der Waals surface area contributed by atoms with Crippen molar-refractivity contribution in [1.29, 1.82) is 0 Å². The summed E-state index contributed by atoms with van der Waals surface area (Å²) >= 11 is 0. The average Bonchev–Trinajstić information content (AvgIpc) is 2.50. The van der Waals surface area contributed by atoms with Gasteiger partial charge in [0.2, 0.25) is 0 Å². The van der Waals surface area contributed by atoms with Gasteiger partial charge in [-0.3, -0.25) is 0 Å². The van der Waals surface area contributed by atoms with Crippen molar-refractivity contribution < 1.29 is 8.81 Å². The Morgan fingerprint density at radius 2 is 2.20 bits per heavy atom. The molecule has 0 spiro atoms. The zero-order chi connectivity index (χ0) is 10.1. The van der Waals surface area contributed by atoms with E-state index >= 15 is 0 Å². The molecule has 2 N–H and O–H groups in total. The molecule has 0 saturated carbocycles. The summed E-state index contributed by atoms with van der Waals surface area (Å²) in [7, 11) is 0. The summed E-state index contributed by atoms with van der Waals surface area (Å²) in [4.78, 5) is 0. The Labute approximate surface area is 93.7 Å². The largest absolute Gasteiger partial charge is 0.461 e. The summed E-state index contributed by atoms with van der Waals surface area (Å²) in [5.74, 6) is -0.317. The molecule has 2 rings (SSSR count). The molecule has 0 radical (unpaired) electrons. The quantitative estimate of drug-likeness (QED) is 0.860. The number of nitrogens with two attached hydrogens (primary N) is 1. The summed E-state index contributed by atoms with van der Waals surface area (Å²) in [5.41, 5.74) is 6.87. The highest BCUT2D eigenvalue weighted by Gasteiger charge is 2.07. The van der Waals surface area contributed by atoms with Gasteiger partial charge in [-0.25, -0.2) is 4.39 Å². The van der Waals surface area contributed by atoms with Crippen LogP contribution < -0.4 is 5.73 Å². The lowest BCUT2D eigenvalue weighted by Crippen LogP contribution is -2.17. The van der Waals surface area contributed by atoms with Gasteiger partial charge in [-0.15, -0.1) is 12.4 Å². The minimum Gasteiger partial charge on any atom is -0.461 e. The van der Waals surface area contributed by atoms with E-state index in [4.69, 9.17) is 10.2 Å². The molecule has 1 aromatic heterocycles. The summed E-state index contributed by atoms with van der Waals surface area (Å²) in [6.45, 7) is 1.90. The zero-order valence-corrected chi connectivity index (χ0v) is 9.18. The monoisotopic (exact) mass is 229 g/mol. The van der Waals surface area contributed by atoms with Gasteiger partial charge in [-0.1, -0.05) is 0 Å². The van der Waals surface area contributed by atoms with Crippen LogP contribution in [0.15, 0.2) is 28.9 Å². The maximum atomic E-state index is 13.4. The second-order valence-electron chi connectivity index (χ2n) is 3.60. The van der Waals surface area contributed by atoms with E-state index < -0.39 is 0 Å². The van der Waals surface area contributed by atoms with Gasteiger partial charge in [0.25, 0.3) is 0 Å². The Morgan fingerprint density at radius 3 is 2.87 bits per heavy atom. The molecule has 1 atom stereocenters. The predicted molar refractivity (Wildman–Crippen MR) is 60.8 cm³/mol. The van der Waals surface area contributed by atoms with Crippen LogP contribution in [0, 0.1) is 5.82 Å². The van der Waals surface area contributed by atoms with Crippen LogP contribution in [-0.2, 0) is 6.42 Å². The number of benzene rings is 1. The molecule has 0 fully saturated rings. The van der Waals surface area contributed by atoms with E-state index in [1.54, 1.807) is 6.07 Å². The van der Waals surface area contributed by atoms with Gasteiger partial charge >= 0.3 is 0 Å². The van der Waals surface area contributed by atoms with Gasteiger partial charge in [-0.2, -0.15) is 0 Å². The first kappa shape index (κ1) is 12.0. The van der Waals surface area contributed by atoms with Crippen LogP contribution in [0.4, 0.5) is 4.39 Å². The number of hydrogen-bond acceptors (Lipinski definition) is 2. The molecular formula is C11H13ClFNO. The van der Waals surface area contributed by atoms with E-state index in [0.717, 1.165) is 10.9 Å². The van der Waals surface area contributed by atoms with Crippen LogP contribution >= 0.6 is 12.4 Å². The van der Waals surface area contributed by atoms with E-state index in [-0.39, 0.29) is 24.3 Å². The number of furan rings is 1. The fourth-order valence-electron chi connectivity index (χ4n) is 1.59. The molecular weight excluding hydrogens is 217 g/mol. The van der Waals surface area contributed by atoms with Gasteiger partial charge in [0.05, 0.1) is 6.26 Å². The van der Waals surface area contributed by atoms with Gasteiger partial charge in [0.1, 0.15) is 0 Å². The molecule has 0 saturated heterocycles. The minimum atomic E-state index is -0.317. The molecule has 2 aromatic rings. The van der Waals surface area contributed by atoms with Gasteiger partial charge in [0, 0.05) is 11.4 Å². The topological polar surface area (TPSA) is 39.2 Å². The third-order valence-corrected chi connectivity index (χ3v) is 2.12. The highest BCUT2D eigenvalue weighted by molar-refractivity contribution is 5.85. The third-order valence-electron chi connectivity index (χ3n) is 2.12. The lowest BCUT2D eigenvalue weighted by Gasteiger charge is -2.05. The zero-order valence-electron chi connectivity index (χ0n) is 8.37. The lowest BCUT2D eigenvalue weighted by atomic mass is 10.1. The van der Waals surface area contributed by atoms with E-state index in [1.807, 2.05) is 13.0 Å². The third kappa shape index (κ3) is 2.49. The molecule has 2 nitrogen and oxygen atoms in total. The van der Waals surface area contributed by atoms with E-state index in [1.165, 1.54) is 12.3 Å². The van der Waals surface area contributed by atoms with Crippen molar-refractivity contribution >= 4 is 23.4 Å². The van der Waals surface area contributed by atoms with Crippen LogP contribution in [-0.4, -0.2) is 6.04 Å². The fourth-order valence-corrected chi connectivity index (χ4v) is 1.59. The number of rotatable bonds is 2. The second kappa shape index (κ2) is 4.64. The van der Waals surface area contributed by atoms with Crippen LogP contribution in [0.25, 0.3) is 11.0 Å².